The van der Waals surface area contributed by atoms with Crippen molar-refractivity contribution in [1.82, 2.24) is 39.3 Å². The van der Waals surface area contributed by atoms with E-state index in [4.69, 9.17) is 4.98 Å². The van der Waals surface area contributed by atoms with Gasteiger partial charge in [0.2, 0.25) is 5.82 Å². The first-order chi connectivity index (χ1) is 22.2. The smallest absolute Gasteiger partial charge is 0.318 e. The first kappa shape index (κ1) is 29.6. The van der Waals surface area contributed by atoms with E-state index < -0.39 is 6.04 Å². The van der Waals surface area contributed by atoms with Gasteiger partial charge in [-0.15, -0.1) is 10.2 Å². The number of nitrogens with one attached hydrogen (secondary N) is 1. The predicted molar refractivity (Wildman–Crippen MR) is 179 cm³/mol. The van der Waals surface area contributed by atoms with E-state index in [1.54, 1.807) is 4.57 Å². The fourth-order valence-corrected chi connectivity index (χ4v) is 6.21. The maximum atomic E-state index is 14.5. The third kappa shape index (κ3) is 5.71. The van der Waals surface area contributed by atoms with Crippen LogP contribution in [0.1, 0.15) is 63.5 Å². The van der Waals surface area contributed by atoms with Crippen LogP contribution in [-0.2, 0) is 19.5 Å². The van der Waals surface area contributed by atoms with Gasteiger partial charge in [-0.1, -0.05) is 99.6 Å². The first-order valence-corrected chi connectivity index (χ1v) is 15.9. The number of fused-ring (bicyclic) bond motifs is 1. The summed E-state index contributed by atoms with van der Waals surface area (Å²) in [6.45, 7) is 9.44. The Morgan fingerprint density at radius 1 is 0.891 bits per heavy atom. The van der Waals surface area contributed by atoms with Crippen LogP contribution in [0.5, 0.6) is 0 Å². The summed E-state index contributed by atoms with van der Waals surface area (Å²) in [4.78, 5) is 33.6. The second kappa shape index (κ2) is 11.7. The number of aromatic nitrogens is 8. The van der Waals surface area contributed by atoms with Crippen molar-refractivity contribution < 1.29 is 0 Å². The number of hydrogen-bond acceptors (Lipinski definition) is 6. The van der Waals surface area contributed by atoms with E-state index in [9.17, 15) is 9.59 Å². The molecule has 3 aromatic heterocycles. The van der Waals surface area contributed by atoms with E-state index in [-0.39, 0.29) is 16.7 Å². The molecule has 0 spiro atoms. The van der Waals surface area contributed by atoms with Gasteiger partial charge in [0.05, 0.1) is 6.04 Å². The van der Waals surface area contributed by atoms with E-state index in [1.807, 2.05) is 66.1 Å². The number of tetrazole rings is 1. The average molecular weight is 615 g/mol. The minimum atomic E-state index is -0.427. The lowest BCUT2D eigenvalue weighted by molar-refractivity contribution is 0.394. The molecule has 1 aliphatic carbocycles. The van der Waals surface area contributed by atoms with Crippen LogP contribution >= 0.6 is 0 Å². The highest BCUT2D eigenvalue weighted by atomic mass is 16.2. The number of H-pyrrole nitrogens is 1. The van der Waals surface area contributed by atoms with Crippen LogP contribution in [-0.4, -0.2) is 39.3 Å². The number of imidazole rings is 1. The second-order valence-corrected chi connectivity index (χ2v) is 13.6. The van der Waals surface area contributed by atoms with Crippen LogP contribution in [0, 0.1) is 11.3 Å². The van der Waals surface area contributed by atoms with Crippen LogP contribution in [0.3, 0.4) is 0 Å². The molecule has 6 aromatic rings. The zero-order valence-electron chi connectivity index (χ0n) is 26.6. The van der Waals surface area contributed by atoms with Gasteiger partial charge in [0.25, 0.3) is 5.56 Å². The van der Waals surface area contributed by atoms with Gasteiger partial charge in [0.1, 0.15) is 5.82 Å². The van der Waals surface area contributed by atoms with Gasteiger partial charge < -0.3 is 4.57 Å². The molecule has 0 saturated heterocycles. The maximum Gasteiger partial charge on any atom is 0.333 e. The Balaban J connectivity index is 1.36. The van der Waals surface area contributed by atoms with E-state index in [2.05, 4.69) is 65.7 Å². The molecule has 1 N–H and O–H groups in total. The SMILES string of the molecule is CC(c1ccccc1)n1c(=O)c2c(nc(CC(C)(C)C)n2Cc2ccc(-c3ccccc3-c3nn[nH]n3)cc2)n(CC2CC2)c1=O. The predicted octanol–water partition coefficient (Wildman–Crippen LogP) is 5.86. The molecule has 0 aliphatic heterocycles. The van der Waals surface area contributed by atoms with E-state index in [1.165, 1.54) is 4.57 Å². The summed E-state index contributed by atoms with van der Waals surface area (Å²) in [6.07, 6.45) is 2.82. The monoisotopic (exact) mass is 614 g/mol. The van der Waals surface area contributed by atoms with Gasteiger partial charge in [-0.2, -0.15) is 5.21 Å². The van der Waals surface area contributed by atoms with Crippen molar-refractivity contribution in [2.24, 2.45) is 11.3 Å². The summed E-state index contributed by atoms with van der Waals surface area (Å²) in [7, 11) is 0. The molecule has 46 heavy (non-hydrogen) atoms. The third-order valence-electron chi connectivity index (χ3n) is 8.76. The van der Waals surface area contributed by atoms with Gasteiger partial charge >= 0.3 is 5.69 Å². The lowest BCUT2D eigenvalue weighted by Crippen LogP contribution is -2.42. The highest BCUT2D eigenvalue weighted by molar-refractivity contribution is 5.80. The largest absolute Gasteiger partial charge is 0.333 e. The molecule has 0 radical (unpaired) electrons. The van der Waals surface area contributed by atoms with Gasteiger partial charge in [0.15, 0.2) is 11.2 Å². The van der Waals surface area contributed by atoms with Gasteiger partial charge in [0, 0.05) is 25.1 Å². The van der Waals surface area contributed by atoms with Crippen LogP contribution in [0.2, 0.25) is 0 Å². The quantitative estimate of drug-likeness (QED) is 0.218. The Labute approximate surface area is 266 Å². The summed E-state index contributed by atoms with van der Waals surface area (Å²) in [5.41, 5.74) is 5.13. The van der Waals surface area contributed by atoms with Crippen molar-refractivity contribution in [2.45, 2.75) is 66.1 Å². The number of hydrogen-bond donors (Lipinski definition) is 1. The first-order valence-electron chi connectivity index (χ1n) is 15.9. The molecule has 0 bridgehead atoms. The van der Waals surface area contributed by atoms with Crippen molar-refractivity contribution >= 4 is 11.2 Å². The molecule has 0 amide bonds. The summed E-state index contributed by atoms with van der Waals surface area (Å²) in [5, 5.41) is 14.6. The van der Waals surface area contributed by atoms with Crippen molar-refractivity contribution in [3.63, 3.8) is 0 Å². The van der Waals surface area contributed by atoms with E-state index >= 15 is 0 Å². The number of aromatic amines is 1. The molecule has 1 fully saturated rings. The lowest BCUT2D eigenvalue weighted by Gasteiger charge is -2.20. The van der Waals surface area contributed by atoms with Crippen molar-refractivity contribution in [3.8, 4) is 22.5 Å². The van der Waals surface area contributed by atoms with Crippen LogP contribution < -0.4 is 11.2 Å². The molecule has 1 aliphatic rings. The highest BCUT2D eigenvalue weighted by Gasteiger charge is 2.29. The third-order valence-corrected chi connectivity index (χ3v) is 8.76. The number of benzene rings is 3. The molecule has 3 heterocycles. The molecule has 3 aromatic carbocycles. The molecule has 7 rings (SSSR count). The van der Waals surface area contributed by atoms with Gasteiger partial charge in [-0.3, -0.25) is 13.9 Å². The Bertz CT molecular complexity index is 2110. The Hall–Kier alpha value is -5.12. The number of rotatable bonds is 9. The van der Waals surface area contributed by atoms with Crippen LogP contribution in [0.4, 0.5) is 0 Å². The summed E-state index contributed by atoms with van der Waals surface area (Å²) in [5.74, 6) is 1.77. The minimum Gasteiger partial charge on any atom is -0.318 e. The Kier molecular flexibility index (Phi) is 7.50. The summed E-state index contributed by atoms with van der Waals surface area (Å²) >= 11 is 0. The van der Waals surface area contributed by atoms with Crippen molar-refractivity contribution in [3.05, 3.63) is 117 Å². The van der Waals surface area contributed by atoms with Crippen LogP contribution in [0.15, 0.2) is 88.5 Å². The summed E-state index contributed by atoms with van der Waals surface area (Å²) < 4.78 is 5.23. The normalized spacial score (nSPS) is 14.2. The maximum absolute atomic E-state index is 14.5. The minimum absolute atomic E-state index is 0.0835. The average Bonchev–Trinajstić information content (AvgIpc) is 3.57. The van der Waals surface area contributed by atoms with E-state index in [0.717, 1.165) is 46.5 Å². The van der Waals surface area contributed by atoms with Gasteiger partial charge in [-0.25, -0.2) is 9.78 Å². The fourth-order valence-electron chi connectivity index (χ4n) is 6.21. The van der Waals surface area contributed by atoms with Crippen LogP contribution in [0.25, 0.3) is 33.7 Å². The molecule has 1 unspecified atom stereocenters. The van der Waals surface area contributed by atoms with E-state index in [0.29, 0.717) is 42.4 Å². The van der Waals surface area contributed by atoms with Gasteiger partial charge in [-0.05, 0) is 58.6 Å². The molecule has 10 nitrogen and oxygen atoms in total. The van der Waals surface area contributed by atoms with Crippen molar-refractivity contribution in [2.75, 3.05) is 0 Å². The highest BCUT2D eigenvalue weighted by Crippen LogP contribution is 2.32. The molecular weight excluding hydrogens is 576 g/mol. The second-order valence-electron chi connectivity index (χ2n) is 13.6. The molecular formula is C36H38N8O2. The molecule has 10 heteroatoms. The molecule has 1 atom stereocenters. The topological polar surface area (TPSA) is 116 Å². The number of nitrogens with zero attached hydrogens (tertiary/aromatic N) is 7. The zero-order valence-corrected chi connectivity index (χ0v) is 26.6. The zero-order chi connectivity index (χ0) is 32.0. The molecule has 234 valence electrons. The fraction of sp³-hybridized carbons (Fsp3) is 0.333. The molecule has 1 saturated carbocycles. The standard InChI is InChI=1S/C36H38N8O2/c1-23(26-10-6-5-7-11-26)44-34(45)31-33(43(35(44)46)22-24-14-15-24)37-30(20-36(2,3)4)42(31)21-25-16-18-27(19-17-25)28-12-8-9-13-29(28)32-38-40-41-39-32/h5-13,16-19,23-24H,14-15,20-22H2,1-4H3,(H,38,39,40,41). The summed E-state index contributed by atoms with van der Waals surface area (Å²) in [6, 6.07) is 25.6. The Morgan fingerprint density at radius 3 is 2.24 bits per heavy atom. The Morgan fingerprint density at radius 2 is 1.59 bits per heavy atom. The lowest BCUT2D eigenvalue weighted by atomic mass is 9.92. The van der Waals surface area contributed by atoms with Crippen molar-refractivity contribution in [1.29, 1.82) is 0 Å².